The minimum absolute atomic E-state index is 0.233. The average molecular weight is 295 g/mol. The van der Waals surface area contributed by atoms with Crippen molar-refractivity contribution in [1.29, 1.82) is 0 Å². The highest BCUT2D eigenvalue weighted by Crippen LogP contribution is 2.35. The first kappa shape index (κ1) is 15.1. The van der Waals surface area contributed by atoms with Crippen molar-refractivity contribution in [2.24, 2.45) is 0 Å². The number of rotatable bonds is 5. The van der Waals surface area contributed by atoms with Crippen LogP contribution in [0.3, 0.4) is 0 Å². The molecule has 3 nitrogen and oxygen atoms in total. The lowest BCUT2D eigenvalue weighted by Crippen LogP contribution is -2.19. The second-order valence-electron chi connectivity index (χ2n) is 5.01. The molecule has 5 heteroatoms. The fourth-order valence-corrected chi connectivity index (χ4v) is 2.98. The van der Waals surface area contributed by atoms with Crippen molar-refractivity contribution in [1.82, 2.24) is 4.98 Å². The maximum absolute atomic E-state index is 13.0. The smallest absolute Gasteiger partial charge is 0.201 e. The third-order valence-corrected chi connectivity index (χ3v) is 4.48. The number of thiazole rings is 1. The highest BCUT2D eigenvalue weighted by atomic mass is 32.1. The second kappa shape index (κ2) is 5.99. The van der Waals surface area contributed by atoms with E-state index in [1.807, 2.05) is 5.38 Å². The Balaban J connectivity index is 2.32. The molecule has 20 heavy (non-hydrogen) atoms. The molecular formula is C15H18FNO2S. The first-order valence-electron chi connectivity index (χ1n) is 6.26. The van der Waals surface area contributed by atoms with Crippen molar-refractivity contribution >= 4 is 11.3 Å². The first-order valence-corrected chi connectivity index (χ1v) is 7.14. The molecule has 0 saturated carbocycles. The van der Waals surface area contributed by atoms with Crippen molar-refractivity contribution in [3.63, 3.8) is 0 Å². The third-order valence-electron chi connectivity index (χ3n) is 3.29. The van der Waals surface area contributed by atoms with E-state index in [9.17, 15) is 4.39 Å². The van der Waals surface area contributed by atoms with Crippen molar-refractivity contribution in [3.05, 3.63) is 51.7 Å². The molecule has 0 aliphatic carbocycles. The van der Waals surface area contributed by atoms with E-state index in [1.54, 1.807) is 37.7 Å². The topological polar surface area (TPSA) is 31.4 Å². The summed E-state index contributed by atoms with van der Waals surface area (Å²) in [6.07, 6.45) is -0.455. The van der Waals surface area contributed by atoms with Crippen LogP contribution < -0.4 is 0 Å². The van der Waals surface area contributed by atoms with E-state index >= 15 is 0 Å². The molecular weight excluding hydrogens is 277 g/mol. The van der Waals surface area contributed by atoms with Gasteiger partial charge in [-0.1, -0.05) is 12.1 Å². The van der Waals surface area contributed by atoms with Crippen LogP contribution in [0, 0.1) is 5.82 Å². The Morgan fingerprint density at radius 1 is 1.15 bits per heavy atom. The van der Waals surface area contributed by atoms with Gasteiger partial charge in [0.25, 0.3) is 0 Å². The molecule has 0 radical (unpaired) electrons. The Morgan fingerprint density at radius 2 is 1.75 bits per heavy atom. The van der Waals surface area contributed by atoms with Gasteiger partial charge in [0.2, 0.25) is 6.29 Å². The predicted octanol–water partition coefficient (Wildman–Crippen LogP) is 3.90. The maximum atomic E-state index is 13.0. The van der Waals surface area contributed by atoms with Crippen LogP contribution in [0.1, 0.15) is 36.4 Å². The van der Waals surface area contributed by atoms with Crippen LogP contribution in [0.25, 0.3) is 0 Å². The van der Waals surface area contributed by atoms with Crippen molar-refractivity contribution in [3.8, 4) is 0 Å². The van der Waals surface area contributed by atoms with E-state index in [0.717, 1.165) is 16.3 Å². The molecule has 1 aromatic carbocycles. The van der Waals surface area contributed by atoms with E-state index in [4.69, 9.17) is 9.47 Å². The van der Waals surface area contributed by atoms with Gasteiger partial charge in [-0.3, -0.25) is 0 Å². The molecule has 0 N–H and O–H groups in total. The lowest BCUT2D eigenvalue weighted by atomic mass is 9.85. The van der Waals surface area contributed by atoms with Gasteiger partial charge >= 0.3 is 0 Å². The van der Waals surface area contributed by atoms with Crippen molar-refractivity contribution in [2.45, 2.75) is 25.6 Å². The van der Waals surface area contributed by atoms with Gasteiger partial charge in [0, 0.05) is 25.0 Å². The SMILES string of the molecule is COC(OC)c1csc(C(C)(C)c2ccc(F)cc2)n1. The zero-order chi connectivity index (χ0) is 14.8. The van der Waals surface area contributed by atoms with Gasteiger partial charge in [0.1, 0.15) is 16.5 Å². The minimum atomic E-state index is -0.455. The molecule has 0 atom stereocenters. The summed E-state index contributed by atoms with van der Waals surface area (Å²) in [4.78, 5) is 4.60. The van der Waals surface area contributed by atoms with E-state index in [0.29, 0.717) is 0 Å². The Morgan fingerprint density at radius 3 is 2.30 bits per heavy atom. The standard InChI is InChI=1S/C15H18FNO2S/c1-15(2,10-5-7-11(16)8-6-10)14-17-12(9-20-14)13(18-3)19-4/h5-9,13H,1-4H3. The molecule has 2 aromatic rings. The van der Waals surface area contributed by atoms with Gasteiger partial charge in [-0.05, 0) is 31.5 Å². The molecule has 1 heterocycles. The summed E-state index contributed by atoms with van der Waals surface area (Å²) < 4.78 is 23.4. The largest absolute Gasteiger partial charge is 0.350 e. The zero-order valence-electron chi connectivity index (χ0n) is 12.0. The number of methoxy groups -OCH3 is 2. The summed E-state index contributed by atoms with van der Waals surface area (Å²) in [5, 5.41) is 2.87. The molecule has 0 bridgehead atoms. The first-order chi connectivity index (χ1) is 9.48. The molecule has 0 amide bonds. The second-order valence-corrected chi connectivity index (χ2v) is 5.87. The van der Waals surface area contributed by atoms with Gasteiger partial charge in [0.05, 0.1) is 0 Å². The summed E-state index contributed by atoms with van der Waals surface area (Å²) in [6.45, 7) is 4.13. The van der Waals surface area contributed by atoms with Crippen LogP contribution >= 0.6 is 11.3 Å². The maximum Gasteiger partial charge on any atom is 0.201 e. The number of hydrogen-bond donors (Lipinski definition) is 0. The van der Waals surface area contributed by atoms with E-state index < -0.39 is 6.29 Å². The molecule has 0 fully saturated rings. The number of aromatic nitrogens is 1. The van der Waals surface area contributed by atoms with Crippen molar-refractivity contribution in [2.75, 3.05) is 14.2 Å². The van der Waals surface area contributed by atoms with Crippen LogP contribution in [-0.2, 0) is 14.9 Å². The third kappa shape index (κ3) is 2.90. The molecule has 0 saturated heterocycles. The molecule has 0 aliphatic heterocycles. The van der Waals surface area contributed by atoms with Crippen LogP contribution in [0.4, 0.5) is 4.39 Å². The molecule has 0 unspecified atom stereocenters. The number of ether oxygens (including phenoxy) is 2. The van der Waals surface area contributed by atoms with Crippen molar-refractivity contribution < 1.29 is 13.9 Å². The van der Waals surface area contributed by atoms with Crippen LogP contribution in [0.5, 0.6) is 0 Å². The number of halogens is 1. The van der Waals surface area contributed by atoms with Gasteiger partial charge in [0.15, 0.2) is 0 Å². The summed E-state index contributed by atoms with van der Waals surface area (Å²) in [5.41, 5.74) is 1.49. The Labute approximate surface area is 122 Å². The lowest BCUT2D eigenvalue weighted by molar-refractivity contribution is -0.108. The minimum Gasteiger partial charge on any atom is -0.350 e. The molecule has 0 aliphatic rings. The fourth-order valence-electron chi connectivity index (χ4n) is 2.01. The van der Waals surface area contributed by atoms with E-state index in [-0.39, 0.29) is 11.2 Å². The van der Waals surface area contributed by atoms with E-state index in [2.05, 4.69) is 18.8 Å². The summed E-state index contributed by atoms with van der Waals surface area (Å²) in [7, 11) is 3.16. The van der Waals surface area contributed by atoms with Crippen LogP contribution in [0.2, 0.25) is 0 Å². The van der Waals surface area contributed by atoms with Gasteiger partial charge in [-0.2, -0.15) is 0 Å². The number of nitrogens with zero attached hydrogens (tertiary/aromatic N) is 1. The molecule has 0 spiro atoms. The highest BCUT2D eigenvalue weighted by Gasteiger charge is 2.28. The quantitative estimate of drug-likeness (QED) is 0.784. The summed E-state index contributed by atoms with van der Waals surface area (Å²) in [5.74, 6) is -0.233. The predicted molar refractivity (Wildman–Crippen MR) is 77.4 cm³/mol. The summed E-state index contributed by atoms with van der Waals surface area (Å²) in [6, 6.07) is 6.53. The van der Waals surface area contributed by atoms with Gasteiger partial charge < -0.3 is 9.47 Å². The number of hydrogen-bond acceptors (Lipinski definition) is 4. The Bertz CT molecular complexity index is 562. The fraction of sp³-hybridized carbons (Fsp3) is 0.400. The number of benzene rings is 1. The normalized spacial score (nSPS) is 12.1. The molecule has 108 valence electrons. The van der Waals surface area contributed by atoms with E-state index in [1.165, 1.54) is 12.1 Å². The Hall–Kier alpha value is -1.30. The lowest BCUT2D eigenvalue weighted by Gasteiger charge is -2.22. The van der Waals surface area contributed by atoms with Crippen LogP contribution in [0.15, 0.2) is 29.6 Å². The van der Waals surface area contributed by atoms with Crippen LogP contribution in [-0.4, -0.2) is 19.2 Å². The average Bonchev–Trinajstić information content (AvgIpc) is 2.91. The van der Waals surface area contributed by atoms with Gasteiger partial charge in [-0.15, -0.1) is 11.3 Å². The molecule has 2 rings (SSSR count). The Kier molecular flexibility index (Phi) is 4.52. The zero-order valence-corrected chi connectivity index (χ0v) is 12.8. The monoisotopic (exact) mass is 295 g/mol. The molecule has 1 aromatic heterocycles. The summed E-state index contributed by atoms with van der Waals surface area (Å²) >= 11 is 1.55. The highest BCUT2D eigenvalue weighted by molar-refractivity contribution is 7.09. The van der Waals surface area contributed by atoms with Gasteiger partial charge in [-0.25, -0.2) is 9.37 Å².